The van der Waals surface area contributed by atoms with Crippen molar-refractivity contribution >= 4 is 17.4 Å². The summed E-state index contributed by atoms with van der Waals surface area (Å²) in [6.07, 6.45) is 0. The van der Waals surface area contributed by atoms with Crippen LogP contribution in [-0.4, -0.2) is 15.0 Å². The van der Waals surface area contributed by atoms with Crippen LogP contribution < -0.4 is 21.9 Å². The normalized spacial score (nSPS) is 15.3. The number of nitrogens with one attached hydrogen (secondary N) is 2. The second-order valence-electron chi connectivity index (χ2n) is 7.44. The van der Waals surface area contributed by atoms with Crippen LogP contribution in [0.2, 0.25) is 0 Å². The standard InChI is InChI=1S/C23H21FN4O3/c1-13-17(21(29)26-16-7-5-4-6-8-16)18(14-9-11-15(24)12-10-14)19-20(25-13)27(2)23(31)28(3)22(19)30/h4-12,18,25H,1-3H3,(H,26,29). The summed E-state index contributed by atoms with van der Waals surface area (Å²) < 4.78 is 16.0. The van der Waals surface area contributed by atoms with Gasteiger partial charge in [-0.2, -0.15) is 0 Å². The Morgan fingerprint density at radius 3 is 2.29 bits per heavy atom. The van der Waals surface area contributed by atoms with Crippen LogP contribution in [0.15, 0.2) is 75.5 Å². The SMILES string of the molecule is CC1=C(C(=O)Nc2ccccc2)C(c2ccc(F)cc2)c2c(n(C)c(=O)n(C)c2=O)N1. The highest BCUT2D eigenvalue weighted by atomic mass is 19.1. The lowest BCUT2D eigenvalue weighted by Gasteiger charge is -2.31. The first-order valence-electron chi connectivity index (χ1n) is 9.69. The van der Waals surface area contributed by atoms with Gasteiger partial charge in [-0.25, -0.2) is 9.18 Å². The number of rotatable bonds is 3. The molecule has 0 radical (unpaired) electrons. The van der Waals surface area contributed by atoms with Crippen LogP contribution >= 0.6 is 0 Å². The number of anilines is 2. The molecule has 31 heavy (non-hydrogen) atoms. The molecule has 1 aliphatic rings. The van der Waals surface area contributed by atoms with E-state index in [0.717, 1.165) is 4.57 Å². The van der Waals surface area contributed by atoms with E-state index in [2.05, 4.69) is 10.6 Å². The maximum Gasteiger partial charge on any atom is 0.332 e. The van der Waals surface area contributed by atoms with Crippen molar-refractivity contribution in [2.24, 2.45) is 14.1 Å². The number of amides is 1. The van der Waals surface area contributed by atoms with Crippen molar-refractivity contribution in [3.05, 3.63) is 104 Å². The minimum absolute atomic E-state index is 0.250. The molecule has 1 amide bonds. The van der Waals surface area contributed by atoms with Gasteiger partial charge in [-0.15, -0.1) is 0 Å². The van der Waals surface area contributed by atoms with E-state index in [1.165, 1.54) is 23.7 Å². The monoisotopic (exact) mass is 420 g/mol. The van der Waals surface area contributed by atoms with Gasteiger partial charge in [0, 0.05) is 31.1 Å². The Labute approximate surface area is 177 Å². The number of nitrogens with zero attached hydrogens (tertiary/aromatic N) is 2. The Hall–Kier alpha value is -3.94. The van der Waals surface area contributed by atoms with Gasteiger partial charge in [-0.3, -0.25) is 18.7 Å². The number of hydrogen-bond acceptors (Lipinski definition) is 4. The summed E-state index contributed by atoms with van der Waals surface area (Å²) in [7, 11) is 2.94. The highest BCUT2D eigenvalue weighted by molar-refractivity contribution is 6.07. The number of allylic oxidation sites excluding steroid dienone is 1. The largest absolute Gasteiger partial charge is 0.344 e. The molecule has 158 valence electrons. The molecule has 1 aromatic heterocycles. The third kappa shape index (κ3) is 3.46. The second-order valence-corrected chi connectivity index (χ2v) is 7.44. The summed E-state index contributed by atoms with van der Waals surface area (Å²) in [5.41, 5.74) is 1.23. The average molecular weight is 420 g/mol. The Bertz CT molecular complexity index is 1320. The molecule has 2 heterocycles. The smallest absolute Gasteiger partial charge is 0.332 e. The number of fused-ring (bicyclic) bond motifs is 1. The molecule has 0 spiro atoms. The summed E-state index contributed by atoms with van der Waals surface area (Å²) in [4.78, 5) is 38.9. The zero-order valence-electron chi connectivity index (χ0n) is 17.3. The quantitative estimate of drug-likeness (QED) is 0.682. The number of carbonyl (C=O) groups excluding carboxylic acids is 1. The van der Waals surface area contributed by atoms with E-state index in [1.54, 1.807) is 50.4 Å². The lowest BCUT2D eigenvalue weighted by atomic mass is 9.81. The molecule has 4 rings (SSSR count). The Morgan fingerprint density at radius 2 is 1.65 bits per heavy atom. The molecule has 8 heteroatoms. The fourth-order valence-electron chi connectivity index (χ4n) is 3.90. The molecule has 1 unspecified atom stereocenters. The van der Waals surface area contributed by atoms with Crippen LogP contribution in [0.1, 0.15) is 24.0 Å². The minimum Gasteiger partial charge on any atom is -0.344 e. The molecule has 0 aliphatic carbocycles. The van der Waals surface area contributed by atoms with Crippen LogP contribution in [0.25, 0.3) is 0 Å². The Balaban J connectivity index is 1.95. The first-order valence-corrected chi connectivity index (χ1v) is 9.69. The second kappa shape index (κ2) is 7.71. The summed E-state index contributed by atoms with van der Waals surface area (Å²) in [6, 6.07) is 14.6. The zero-order chi connectivity index (χ0) is 22.3. The lowest BCUT2D eigenvalue weighted by molar-refractivity contribution is -0.113. The maximum atomic E-state index is 13.6. The highest BCUT2D eigenvalue weighted by Crippen LogP contribution is 2.39. The van der Waals surface area contributed by atoms with Crippen molar-refractivity contribution in [3.63, 3.8) is 0 Å². The van der Waals surface area contributed by atoms with Crippen molar-refractivity contribution in [3.8, 4) is 0 Å². The molecule has 0 saturated carbocycles. The maximum absolute atomic E-state index is 13.6. The van der Waals surface area contributed by atoms with Gasteiger partial charge in [-0.1, -0.05) is 30.3 Å². The third-order valence-electron chi connectivity index (χ3n) is 5.47. The fraction of sp³-hybridized carbons (Fsp3) is 0.174. The molecular weight excluding hydrogens is 399 g/mol. The average Bonchev–Trinajstić information content (AvgIpc) is 2.76. The van der Waals surface area contributed by atoms with Crippen molar-refractivity contribution in [2.75, 3.05) is 10.6 Å². The molecule has 0 fully saturated rings. The van der Waals surface area contributed by atoms with Gasteiger partial charge < -0.3 is 10.6 Å². The van der Waals surface area contributed by atoms with E-state index in [1.807, 2.05) is 6.07 Å². The van der Waals surface area contributed by atoms with E-state index in [4.69, 9.17) is 0 Å². The molecule has 0 saturated heterocycles. The number of halogens is 1. The van der Waals surface area contributed by atoms with Crippen LogP contribution in [-0.2, 0) is 18.9 Å². The predicted octanol–water partition coefficient (Wildman–Crippen LogP) is 2.69. The lowest BCUT2D eigenvalue weighted by Crippen LogP contribution is -2.43. The predicted molar refractivity (Wildman–Crippen MR) is 117 cm³/mol. The highest BCUT2D eigenvalue weighted by Gasteiger charge is 2.36. The molecule has 2 N–H and O–H groups in total. The van der Waals surface area contributed by atoms with Crippen molar-refractivity contribution in [2.45, 2.75) is 12.8 Å². The van der Waals surface area contributed by atoms with Crippen LogP contribution in [0.3, 0.4) is 0 Å². The van der Waals surface area contributed by atoms with Gasteiger partial charge in [-0.05, 0) is 36.8 Å². The van der Waals surface area contributed by atoms with Gasteiger partial charge in [0.05, 0.1) is 11.5 Å². The van der Waals surface area contributed by atoms with Gasteiger partial charge in [0.2, 0.25) is 0 Å². The summed E-state index contributed by atoms with van der Waals surface area (Å²) >= 11 is 0. The van der Waals surface area contributed by atoms with Crippen molar-refractivity contribution in [1.82, 2.24) is 9.13 Å². The fourth-order valence-corrected chi connectivity index (χ4v) is 3.90. The first-order chi connectivity index (χ1) is 14.8. The Kier molecular flexibility index (Phi) is 5.06. The molecular formula is C23H21FN4O3. The molecule has 1 atom stereocenters. The number of para-hydroxylation sites is 1. The van der Waals surface area contributed by atoms with Gasteiger partial charge >= 0.3 is 5.69 Å². The summed E-state index contributed by atoms with van der Waals surface area (Å²) in [5.74, 6) is -1.29. The molecule has 2 aromatic carbocycles. The zero-order valence-corrected chi connectivity index (χ0v) is 17.3. The van der Waals surface area contributed by atoms with Gasteiger partial charge in [0.15, 0.2) is 0 Å². The minimum atomic E-state index is -0.786. The number of hydrogen-bond donors (Lipinski definition) is 2. The number of carbonyl (C=O) groups is 1. The molecule has 0 bridgehead atoms. The van der Waals surface area contributed by atoms with Crippen molar-refractivity contribution < 1.29 is 9.18 Å². The molecule has 3 aromatic rings. The summed E-state index contributed by atoms with van der Waals surface area (Å²) in [5, 5.41) is 5.92. The van der Waals surface area contributed by atoms with E-state index >= 15 is 0 Å². The van der Waals surface area contributed by atoms with Crippen molar-refractivity contribution in [1.29, 1.82) is 0 Å². The van der Waals surface area contributed by atoms with Crippen LogP contribution in [0.4, 0.5) is 15.9 Å². The van der Waals surface area contributed by atoms with E-state index in [9.17, 15) is 18.8 Å². The molecule has 1 aliphatic heterocycles. The van der Waals surface area contributed by atoms with Crippen LogP contribution in [0, 0.1) is 5.82 Å². The number of aromatic nitrogens is 2. The van der Waals surface area contributed by atoms with Crippen LogP contribution in [0.5, 0.6) is 0 Å². The molecule has 7 nitrogen and oxygen atoms in total. The first kappa shape index (κ1) is 20.3. The van der Waals surface area contributed by atoms with Gasteiger partial charge in [0.25, 0.3) is 11.5 Å². The van der Waals surface area contributed by atoms with E-state index < -0.39 is 28.9 Å². The van der Waals surface area contributed by atoms with Gasteiger partial charge in [0.1, 0.15) is 11.6 Å². The van der Waals surface area contributed by atoms with E-state index in [0.29, 0.717) is 28.3 Å². The number of benzene rings is 2. The Morgan fingerprint density at radius 1 is 1.00 bits per heavy atom. The summed E-state index contributed by atoms with van der Waals surface area (Å²) in [6.45, 7) is 1.71. The van der Waals surface area contributed by atoms with E-state index in [-0.39, 0.29) is 5.56 Å². The third-order valence-corrected chi connectivity index (χ3v) is 5.47. The topological polar surface area (TPSA) is 85.1 Å².